The lowest BCUT2D eigenvalue weighted by atomic mass is 9.92. The predicted octanol–water partition coefficient (Wildman–Crippen LogP) is 3.66. The van der Waals surface area contributed by atoms with Gasteiger partial charge >= 0.3 is 6.55 Å². The lowest BCUT2D eigenvalue weighted by molar-refractivity contribution is 0.0564. The molecule has 2 fully saturated rings. The minimum atomic E-state index is -3.65. The molecule has 3 aliphatic rings. The smallest absolute Gasteiger partial charge is 0.326 e. The third kappa shape index (κ3) is 4.26. The van der Waals surface area contributed by atoms with Crippen LogP contribution in [0.25, 0.3) is 5.57 Å². The topological polar surface area (TPSA) is 95.7 Å². The van der Waals surface area contributed by atoms with Crippen LogP contribution in [0.15, 0.2) is 52.7 Å². The second-order valence-corrected chi connectivity index (χ2v) is 11.7. The number of nitrogens with zero attached hydrogens (tertiary/aromatic N) is 6. The first-order valence-electron chi connectivity index (χ1n) is 11.3. The zero-order chi connectivity index (χ0) is 25.9. The van der Waals surface area contributed by atoms with Crippen LogP contribution in [0, 0.1) is 5.82 Å². The van der Waals surface area contributed by atoms with Gasteiger partial charge in [0.1, 0.15) is 11.9 Å². The molecule has 2 atom stereocenters. The van der Waals surface area contributed by atoms with Gasteiger partial charge in [-0.1, -0.05) is 17.7 Å². The Labute approximate surface area is 219 Å². The number of hydrogen-bond acceptors (Lipinski definition) is 7. The third-order valence-electron chi connectivity index (χ3n) is 6.54. The highest BCUT2D eigenvalue weighted by Gasteiger charge is 2.45. The van der Waals surface area contributed by atoms with E-state index in [1.54, 1.807) is 11.6 Å². The molecule has 0 unspecified atom stereocenters. The molecule has 0 radical (unpaired) electrons. The van der Waals surface area contributed by atoms with Crippen molar-refractivity contribution < 1.29 is 21.6 Å². The number of alkyl halides is 2. The Balaban J connectivity index is 1.55. The molecule has 37 heavy (non-hydrogen) atoms. The number of rotatable bonds is 5. The summed E-state index contributed by atoms with van der Waals surface area (Å²) < 4.78 is 70.6. The number of benzene rings is 1. The molecule has 2 saturated heterocycles. The fourth-order valence-electron chi connectivity index (χ4n) is 4.99. The molecule has 15 heteroatoms. The van der Waals surface area contributed by atoms with E-state index in [1.807, 2.05) is 4.90 Å². The number of fused-ring (bicyclic) bond motifs is 1. The monoisotopic (exact) mass is 569 g/mol. The zero-order valence-electron chi connectivity index (χ0n) is 18.9. The predicted molar refractivity (Wildman–Crippen MR) is 132 cm³/mol. The van der Waals surface area contributed by atoms with Gasteiger partial charge in [-0.25, -0.2) is 18.8 Å². The van der Waals surface area contributed by atoms with Crippen molar-refractivity contribution in [2.75, 3.05) is 19.6 Å². The molecule has 0 spiro atoms. The van der Waals surface area contributed by atoms with E-state index >= 15 is 0 Å². The summed E-state index contributed by atoms with van der Waals surface area (Å²) in [5, 5.41) is 6.61. The molecular weight excluding hydrogens is 551 g/mol. The average Bonchev–Trinajstić information content (AvgIpc) is 3.64. The molecule has 1 aromatic carbocycles. The summed E-state index contributed by atoms with van der Waals surface area (Å²) >= 11 is 7.81. The van der Waals surface area contributed by atoms with Crippen molar-refractivity contribution in [3.8, 4) is 0 Å². The van der Waals surface area contributed by atoms with Crippen molar-refractivity contribution >= 4 is 44.6 Å². The number of amidine groups is 1. The number of thiazole rings is 1. The van der Waals surface area contributed by atoms with Gasteiger partial charge in [-0.3, -0.25) is 4.99 Å². The molecule has 3 aromatic rings. The molecule has 9 nitrogen and oxygen atoms in total. The first-order valence-corrected chi connectivity index (χ1v) is 14.0. The molecule has 1 N–H and O–H groups in total. The van der Waals surface area contributed by atoms with E-state index in [1.165, 1.54) is 46.1 Å². The van der Waals surface area contributed by atoms with Gasteiger partial charge in [0.2, 0.25) is 0 Å². The fraction of sp³-hybridized carbons (Fsp3) is 0.318. The van der Waals surface area contributed by atoms with Gasteiger partial charge in [0.05, 0.1) is 5.69 Å². The van der Waals surface area contributed by atoms with E-state index in [2.05, 4.69) is 14.8 Å². The van der Waals surface area contributed by atoms with Crippen LogP contribution in [-0.4, -0.2) is 63.9 Å². The second kappa shape index (κ2) is 9.20. The Morgan fingerprint density at radius 2 is 2.08 bits per heavy atom. The Morgan fingerprint density at radius 3 is 2.73 bits per heavy atom. The summed E-state index contributed by atoms with van der Waals surface area (Å²) in [7, 11) is -3.65. The number of aliphatic imine (C=N–C) groups is 1. The number of nitrogens with one attached hydrogen (secondary N) is 1. The molecule has 2 aromatic heterocycles. The first-order chi connectivity index (χ1) is 17.7. The molecule has 6 rings (SSSR count). The maximum Gasteiger partial charge on any atom is 0.333 e. The van der Waals surface area contributed by atoms with Gasteiger partial charge in [-0.15, -0.1) is 11.3 Å². The van der Waals surface area contributed by atoms with Crippen molar-refractivity contribution in [2.24, 2.45) is 4.99 Å². The van der Waals surface area contributed by atoms with Crippen molar-refractivity contribution in [1.29, 1.82) is 0 Å². The maximum atomic E-state index is 13.9. The minimum Gasteiger partial charge on any atom is -0.326 e. The van der Waals surface area contributed by atoms with Crippen molar-refractivity contribution in [3.63, 3.8) is 0 Å². The van der Waals surface area contributed by atoms with Crippen molar-refractivity contribution in [2.45, 2.75) is 25.1 Å². The van der Waals surface area contributed by atoms with Crippen LogP contribution in [0.5, 0.6) is 0 Å². The SMILES string of the molecule is O=S1(=O)NCCN1[C@H]1CC2=C(c3ccn(C(F)F)n3)[C@H](c3ccc(F)cc3Cl)N=C(c3nccs3)N2C1. The standard InChI is InChI=1S/C22H19ClF3N7O2S2/c23-15-9-12(24)1-2-14(15)19-18(16-3-6-32(30-16)22(25)26)17-10-13(33-7-4-28-37(33,34)35)11-31(17)20(29-19)21-27-5-8-36-21/h1-3,5-6,8-9,13,19,22,28H,4,7,10-11H2/t13-,19-/m0/s1. The summed E-state index contributed by atoms with van der Waals surface area (Å²) in [6, 6.07) is 4.14. The van der Waals surface area contributed by atoms with Crippen LogP contribution in [0.3, 0.4) is 0 Å². The highest BCUT2D eigenvalue weighted by atomic mass is 35.5. The third-order valence-corrected chi connectivity index (χ3v) is 9.30. The molecule has 5 heterocycles. The molecule has 0 amide bonds. The van der Waals surface area contributed by atoms with Crippen molar-refractivity contribution in [1.82, 2.24) is 28.7 Å². The second-order valence-electron chi connectivity index (χ2n) is 8.66. The Hall–Kier alpha value is -2.78. The maximum absolute atomic E-state index is 13.9. The van der Waals surface area contributed by atoms with Crippen LogP contribution in [-0.2, 0) is 10.2 Å². The van der Waals surface area contributed by atoms with E-state index < -0.39 is 34.7 Å². The quantitative estimate of drug-likeness (QED) is 0.506. The number of hydrogen-bond donors (Lipinski definition) is 1. The van der Waals surface area contributed by atoms with Crippen LogP contribution >= 0.6 is 22.9 Å². The van der Waals surface area contributed by atoms with Crippen molar-refractivity contribution in [3.05, 3.63) is 74.8 Å². The van der Waals surface area contributed by atoms with Gasteiger partial charge in [0.25, 0.3) is 10.2 Å². The highest BCUT2D eigenvalue weighted by Crippen LogP contribution is 2.47. The normalized spacial score (nSPS) is 23.7. The van der Waals surface area contributed by atoms with Gasteiger partial charge in [-0.2, -0.15) is 26.6 Å². The minimum absolute atomic E-state index is 0.118. The molecular formula is C22H19ClF3N7O2S2. The summed E-state index contributed by atoms with van der Waals surface area (Å²) in [5.41, 5.74) is 1.89. The van der Waals surface area contributed by atoms with Gasteiger partial charge in [0.15, 0.2) is 10.8 Å². The lowest BCUT2D eigenvalue weighted by Gasteiger charge is -2.32. The Bertz CT molecular complexity index is 1520. The Morgan fingerprint density at radius 1 is 1.24 bits per heavy atom. The molecule has 0 saturated carbocycles. The summed E-state index contributed by atoms with van der Waals surface area (Å²) in [6.45, 7) is -1.96. The summed E-state index contributed by atoms with van der Waals surface area (Å²) in [6.07, 6.45) is 3.09. The first kappa shape index (κ1) is 24.6. The van der Waals surface area contributed by atoms with Crippen LogP contribution in [0.1, 0.15) is 35.3 Å². The average molecular weight is 570 g/mol. The van der Waals surface area contributed by atoms with E-state index in [-0.39, 0.29) is 23.7 Å². The van der Waals surface area contributed by atoms with E-state index in [9.17, 15) is 21.6 Å². The van der Waals surface area contributed by atoms with E-state index in [4.69, 9.17) is 16.6 Å². The highest BCUT2D eigenvalue weighted by molar-refractivity contribution is 7.87. The van der Waals surface area contributed by atoms with E-state index in [0.717, 1.165) is 0 Å². The summed E-state index contributed by atoms with van der Waals surface area (Å²) in [4.78, 5) is 11.2. The molecule has 194 valence electrons. The molecule has 3 aliphatic heterocycles. The molecule has 0 aliphatic carbocycles. The lowest BCUT2D eigenvalue weighted by Crippen LogP contribution is -2.41. The van der Waals surface area contributed by atoms with Gasteiger partial charge in [-0.05, 0) is 18.2 Å². The van der Waals surface area contributed by atoms with Gasteiger partial charge < -0.3 is 4.90 Å². The fourth-order valence-corrected chi connectivity index (χ4v) is 7.29. The van der Waals surface area contributed by atoms with Crippen LogP contribution < -0.4 is 4.72 Å². The molecule has 0 bridgehead atoms. The number of halogens is 4. The number of aromatic nitrogens is 3. The zero-order valence-corrected chi connectivity index (χ0v) is 21.3. The Kier molecular flexibility index (Phi) is 6.11. The van der Waals surface area contributed by atoms with Crippen LogP contribution in [0.2, 0.25) is 5.02 Å². The summed E-state index contributed by atoms with van der Waals surface area (Å²) in [5.74, 6) is -0.0290. The van der Waals surface area contributed by atoms with Gasteiger partial charge in [0, 0.05) is 71.7 Å². The van der Waals surface area contributed by atoms with E-state index in [0.29, 0.717) is 45.4 Å². The largest absolute Gasteiger partial charge is 0.333 e. The van der Waals surface area contributed by atoms with Crippen LogP contribution in [0.4, 0.5) is 13.2 Å².